The van der Waals surface area contributed by atoms with Crippen LogP contribution in [0.4, 0.5) is 11.4 Å². The highest BCUT2D eigenvalue weighted by Crippen LogP contribution is 2.30. The summed E-state index contributed by atoms with van der Waals surface area (Å²) in [5, 5.41) is 13.7. The number of benzene rings is 2. The number of anilines is 2. The third kappa shape index (κ3) is 4.06. The van der Waals surface area contributed by atoms with Crippen LogP contribution in [-0.4, -0.2) is 48.1 Å². The first-order chi connectivity index (χ1) is 12.5. The highest BCUT2D eigenvalue weighted by atomic mass is 35.5. The van der Waals surface area contributed by atoms with Gasteiger partial charge in [-0.3, -0.25) is 9.69 Å². The van der Waals surface area contributed by atoms with Crippen molar-refractivity contribution in [3.63, 3.8) is 0 Å². The minimum Gasteiger partial charge on any atom is -0.506 e. The van der Waals surface area contributed by atoms with E-state index in [2.05, 4.69) is 15.1 Å². The third-order valence-corrected chi connectivity index (χ3v) is 5.30. The van der Waals surface area contributed by atoms with Crippen LogP contribution in [0.3, 0.4) is 0 Å². The van der Waals surface area contributed by atoms with Crippen LogP contribution in [0.25, 0.3) is 0 Å². The molecule has 2 aromatic rings. The molecular formula is C19H21Cl2N3O2. The summed E-state index contributed by atoms with van der Waals surface area (Å²) in [6.07, 6.45) is 0. The average molecular weight is 394 g/mol. The number of nitrogens with zero attached hydrogens (tertiary/aromatic N) is 2. The number of phenolic OH excluding ortho intramolecular Hbond substituents is 1. The Morgan fingerprint density at radius 1 is 1.04 bits per heavy atom. The molecule has 0 spiro atoms. The Labute approximate surface area is 163 Å². The number of aromatic hydroxyl groups is 1. The molecule has 0 aromatic heterocycles. The summed E-state index contributed by atoms with van der Waals surface area (Å²) in [7, 11) is 0. The van der Waals surface area contributed by atoms with E-state index in [0.717, 1.165) is 31.9 Å². The molecule has 0 bridgehead atoms. The number of hydrogen-bond acceptors (Lipinski definition) is 4. The van der Waals surface area contributed by atoms with Gasteiger partial charge in [0.1, 0.15) is 5.75 Å². The zero-order chi connectivity index (χ0) is 18.7. The molecule has 1 aliphatic rings. The van der Waals surface area contributed by atoms with Crippen LogP contribution in [0.5, 0.6) is 5.75 Å². The van der Waals surface area contributed by atoms with Crippen molar-refractivity contribution >= 4 is 40.5 Å². The Hall–Kier alpha value is -1.95. The monoisotopic (exact) mass is 393 g/mol. The number of phenols is 1. The molecule has 26 heavy (non-hydrogen) atoms. The molecule has 0 saturated carbocycles. The summed E-state index contributed by atoms with van der Waals surface area (Å²) in [6, 6.07) is 12.1. The van der Waals surface area contributed by atoms with Gasteiger partial charge in [0.2, 0.25) is 5.91 Å². The summed E-state index contributed by atoms with van der Waals surface area (Å²) >= 11 is 12.2. The van der Waals surface area contributed by atoms with Crippen molar-refractivity contribution < 1.29 is 9.90 Å². The van der Waals surface area contributed by atoms with Crippen molar-refractivity contribution in [2.45, 2.75) is 13.0 Å². The van der Waals surface area contributed by atoms with Gasteiger partial charge in [-0.1, -0.05) is 41.4 Å². The van der Waals surface area contributed by atoms with Crippen molar-refractivity contribution in [1.29, 1.82) is 0 Å². The SMILES string of the molecule is C[C@H](C(=O)Nc1c(Cl)cccc1Cl)N1CCN(c2ccccc2O)CC1. The van der Waals surface area contributed by atoms with Crippen LogP contribution in [0.1, 0.15) is 6.92 Å². The van der Waals surface area contributed by atoms with Crippen LogP contribution in [-0.2, 0) is 4.79 Å². The summed E-state index contributed by atoms with van der Waals surface area (Å²) in [4.78, 5) is 16.8. The van der Waals surface area contributed by atoms with E-state index < -0.39 is 0 Å². The fraction of sp³-hybridized carbons (Fsp3) is 0.316. The van der Waals surface area contributed by atoms with Crippen molar-refractivity contribution in [2.75, 3.05) is 36.4 Å². The van der Waals surface area contributed by atoms with Gasteiger partial charge in [-0.2, -0.15) is 0 Å². The standard InChI is InChI=1S/C19H21Cl2N3O2/c1-13(19(26)22-18-14(20)5-4-6-15(18)21)23-9-11-24(12-10-23)16-7-2-3-8-17(16)25/h2-8,13,25H,9-12H2,1H3,(H,22,26)/t13-/m1/s1. The van der Waals surface area contributed by atoms with Gasteiger partial charge < -0.3 is 15.3 Å². The van der Waals surface area contributed by atoms with E-state index in [1.54, 1.807) is 30.3 Å². The quantitative estimate of drug-likeness (QED) is 0.827. The molecule has 5 nitrogen and oxygen atoms in total. The lowest BCUT2D eigenvalue weighted by Crippen LogP contribution is -2.52. The maximum atomic E-state index is 12.6. The van der Waals surface area contributed by atoms with Crippen molar-refractivity contribution in [2.24, 2.45) is 0 Å². The zero-order valence-electron chi connectivity index (χ0n) is 14.5. The fourth-order valence-electron chi connectivity index (χ4n) is 3.09. The number of amides is 1. The van der Waals surface area contributed by atoms with Gasteiger partial charge in [0.15, 0.2) is 0 Å². The predicted molar refractivity (Wildman–Crippen MR) is 106 cm³/mol. The summed E-state index contributed by atoms with van der Waals surface area (Å²) in [5.74, 6) is 0.135. The minimum atomic E-state index is -0.311. The Morgan fingerprint density at radius 2 is 1.65 bits per heavy atom. The largest absolute Gasteiger partial charge is 0.506 e. The molecule has 3 rings (SSSR count). The van der Waals surface area contributed by atoms with Crippen LogP contribution in [0, 0.1) is 0 Å². The zero-order valence-corrected chi connectivity index (χ0v) is 16.0. The van der Waals surface area contributed by atoms with E-state index >= 15 is 0 Å². The molecule has 1 atom stereocenters. The number of para-hydroxylation sites is 3. The molecular weight excluding hydrogens is 373 g/mol. The van der Waals surface area contributed by atoms with E-state index in [-0.39, 0.29) is 17.7 Å². The van der Waals surface area contributed by atoms with E-state index in [0.29, 0.717) is 15.7 Å². The van der Waals surface area contributed by atoms with Gasteiger partial charge >= 0.3 is 0 Å². The molecule has 1 amide bonds. The molecule has 7 heteroatoms. The van der Waals surface area contributed by atoms with Gasteiger partial charge in [0.05, 0.1) is 27.5 Å². The number of carbonyl (C=O) groups excluding carboxylic acids is 1. The molecule has 2 aromatic carbocycles. The van der Waals surface area contributed by atoms with Gasteiger partial charge in [-0.25, -0.2) is 0 Å². The predicted octanol–water partition coefficient (Wildman–Crippen LogP) is 3.85. The number of piperazine rings is 1. The second-order valence-corrected chi connectivity index (χ2v) is 7.09. The van der Waals surface area contributed by atoms with Crippen LogP contribution in [0.15, 0.2) is 42.5 Å². The molecule has 1 aliphatic heterocycles. The third-order valence-electron chi connectivity index (χ3n) is 4.67. The maximum Gasteiger partial charge on any atom is 0.241 e. The molecule has 1 heterocycles. The molecule has 0 aliphatic carbocycles. The molecule has 0 unspecified atom stereocenters. The van der Waals surface area contributed by atoms with Crippen molar-refractivity contribution in [3.05, 3.63) is 52.5 Å². The highest BCUT2D eigenvalue weighted by Gasteiger charge is 2.27. The smallest absolute Gasteiger partial charge is 0.241 e. The maximum absolute atomic E-state index is 12.6. The normalized spacial score (nSPS) is 16.3. The van der Waals surface area contributed by atoms with Gasteiger partial charge in [-0.05, 0) is 31.2 Å². The Bertz CT molecular complexity index is 772. The number of nitrogens with one attached hydrogen (secondary N) is 1. The second kappa shape index (κ2) is 8.16. The first-order valence-electron chi connectivity index (χ1n) is 8.49. The lowest BCUT2D eigenvalue weighted by atomic mass is 10.2. The first-order valence-corrected chi connectivity index (χ1v) is 9.25. The van der Waals surface area contributed by atoms with E-state index in [1.165, 1.54) is 0 Å². The highest BCUT2D eigenvalue weighted by molar-refractivity contribution is 6.39. The van der Waals surface area contributed by atoms with Gasteiger partial charge in [0.25, 0.3) is 0 Å². The van der Waals surface area contributed by atoms with Crippen LogP contribution >= 0.6 is 23.2 Å². The molecule has 1 fully saturated rings. The minimum absolute atomic E-state index is 0.143. The number of carbonyl (C=O) groups is 1. The number of hydrogen-bond donors (Lipinski definition) is 2. The first kappa shape index (κ1) is 18.8. The number of rotatable bonds is 4. The summed E-state index contributed by atoms with van der Waals surface area (Å²) < 4.78 is 0. The molecule has 0 radical (unpaired) electrons. The topological polar surface area (TPSA) is 55.8 Å². The lowest BCUT2D eigenvalue weighted by molar-refractivity contribution is -0.120. The average Bonchev–Trinajstić information content (AvgIpc) is 2.65. The second-order valence-electron chi connectivity index (χ2n) is 6.27. The van der Waals surface area contributed by atoms with E-state index in [1.807, 2.05) is 19.1 Å². The molecule has 2 N–H and O–H groups in total. The fourth-order valence-corrected chi connectivity index (χ4v) is 3.58. The Kier molecular flexibility index (Phi) is 5.91. The Balaban J connectivity index is 1.60. The van der Waals surface area contributed by atoms with E-state index in [9.17, 15) is 9.90 Å². The Morgan fingerprint density at radius 3 is 2.27 bits per heavy atom. The van der Waals surface area contributed by atoms with Crippen LogP contribution < -0.4 is 10.2 Å². The van der Waals surface area contributed by atoms with Crippen molar-refractivity contribution in [1.82, 2.24) is 4.90 Å². The van der Waals surface area contributed by atoms with E-state index in [4.69, 9.17) is 23.2 Å². The summed E-state index contributed by atoms with van der Waals surface area (Å²) in [5.41, 5.74) is 1.27. The summed E-state index contributed by atoms with van der Waals surface area (Å²) in [6.45, 7) is 4.79. The number of halogens is 2. The van der Waals surface area contributed by atoms with Gasteiger partial charge in [0, 0.05) is 26.2 Å². The van der Waals surface area contributed by atoms with Crippen LogP contribution in [0.2, 0.25) is 10.0 Å². The lowest BCUT2D eigenvalue weighted by Gasteiger charge is -2.38. The molecule has 138 valence electrons. The van der Waals surface area contributed by atoms with Crippen molar-refractivity contribution in [3.8, 4) is 5.75 Å². The van der Waals surface area contributed by atoms with Gasteiger partial charge in [-0.15, -0.1) is 0 Å². The molecule has 1 saturated heterocycles.